The summed E-state index contributed by atoms with van der Waals surface area (Å²) >= 11 is 1.64. The van der Waals surface area contributed by atoms with Crippen molar-refractivity contribution in [3.8, 4) is 0 Å². The van der Waals surface area contributed by atoms with Crippen LogP contribution in [0.1, 0.15) is 29.8 Å². The summed E-state index contributed by atoms with van der Waals surface area (Å²) in [5.41, 5.74) is 2.37. The van der Waals surface area contributed by atoms with E-state index in [2.05, 4.69) is 37.2 Å². The number of hydrogen-bond acceptors (Lipinski definition) is 5. The van der Waals surface area contributed by atoms with Gasteiger partial charge in [-0.25, -0.2) is 0 Å². The first-order valence-corrected chi connectivity index (χ1v) is 10.0. The Morgan fingerprint density at radius 1 is 1.07 bits per heavy atom. The van der Waals surface area contributed by atoms with Crippen LogP contribution in [-0.4, -0.2) is 25.7 Å². The third-order valence-corrected chi connectivity index (χ3v) is 5.50. The Balaban J connectivity index is 1.50. The van der Waals surface area contributed by atoms with Crippen molar-refractivity contribution in [3.05, 3.63) is 71.8 Å². The number of pyridine rings is 1. The standard InChI is InChI=1S/C20H21N5OS/c26-19(17-6-7-17)22-12-18-23-24-20(27-14-16-8-10-21-11-9-16)25(18)13-15-4-2-1-3-5-15/h1-5,8-11,17H,6-7,12-14H2,(H,22,26). The monoisotopic (exact) mass is 379 g/mol. The number of hydrogen-bond donors (Lipinski definition) is 1. The minimum absolute atomic E-state index is 0.121. The van der Waals surface area contributed by atoms with Gasteiger partial charge in [0.15, 0.2) is 11.0 Å². The zero-order valence-corrected chi connectivity index (χ0v) is 15.7. The van der Waals surface area contributed by atoms with E-state index in [-0.39, 0.29) is 11.8 Å². The first-order chi connectivity index (χ1) is 13.3. The molecule has 1 fully saturated rings. The maximum absolute atomic E-state index is 12.0. The van der Waals surface area contributed by atoms with Crippen molar-refractivity contribution in [2.75, 3.05) is 0 Å². The highest BCUT2D eigenvalue weighted by Gasteiger charge is 2.29. The van der Waals surface area contributed by atoms with Crippen LogP contribution in [0.5, 0.6) is 0 Å². The normalized spacial score (nSPS) is 13.5. The molecule has 1 amide bonds. The zero-order valence-electron chi connectivity index (χ0n) is 14.9. The van der Waals surface area contributed by atoms with Crippen LogP contribution >= 0.6 is 11.8 Å². The molecule has 1 saturated carbocycles. The molecule has 0 spiro atoms. The van der Waals surface area contributed by atoms with Crippen molar-refractivity contribution in [2.24, 2.45) is 5.92 Å². The number of nitrogens with one attached hydrogen (secondary N) is 1. The predicted molar refractivity (Wildman–Crippen MR) is 104 cm³/mol. The lowest BCUT2D eigenvalue weighted by molar-refractivity contribution is -0.122. The van der Waals surface area contributed by atoms with E-state index in [4.69, 9.17) is 0 Å². The van der Waals surface area contributed by atoms with Gasteiger partial charge in [-0.3, -0.25) is 9.78 Å². The van der Waals surface area contributed by atoms with Gasteiger partial charge in [0.25, 0.3) is 0 Å². The molecule has 27 heavy (non-hydrogen) atoms. The molecule has 0 radical (unpaired) electrons. The largest absolute Gasteiger partial charge is 0.349 e. The Hall–Kier alpha value is -2.67. The molecular weight excluding hydrogens is 358 g/mol. The van der Waals surface area contributed by atoms with Gasteiger partial charge in [-0.05, 0) is 36.1 Å². The summed E-state index contributed by atoms with van der Waals surface area (Å²) < 4.78 is 2.09. The third-order valence-electron chi connectivity index (χ3n) is 4.46. The van der Waals surface area contributed by atoms with Gasteiger partial charge in [0, 0.05) is 24.1 Å². The maximum Gasteiger partial charge on any atom is 0.223 e. The average Bonchev–Trinajstić information content (AvgIpc) is 3.50. The molecule has 0 saturated heterocycles. The summed E-state index contributed by atoms with van der Waals surface area (Å²) in [5.74, 6) is 1.89. The van der Waals surface area contributed by atoms with Gasteiger partial charge in [0.2, 0.25) is 5.91 Å². The summed E-state index contributed by atoms with van der Waals surface area (Å²) in [4.78, 5) is 16.0. The molecule has 6 nitrogen and oxygen atoms in total. The van der Waals surface area contributed by atoms with E-state index in [9.17, 15) is 4.79 Å². The van der Waals surface area contributed by atoms with E-state index in [1.807, 2.05) is 30.3 Å². The lowest BCUT2D eigenvalue weighted by Crippen LogP contribution is -2.26. The van der Waals surface area contributed by atoms with Crippen LogP contribution < -0.4 is 5.32 Å². The van der Waals surface area contributed by atoms with Gasteiger partial charge < -0.3 is 9.88 Å². The molecule has 0 aliphatic heterocycles. The van der Waals surface area contributed by atoms with Crippen molar-refractivity contribution in [1.29, 1.82) is 0 Å². The van der Waals surface area contributed by atoms with Gasteiger partial charge >= 0.3 is 0 Å². The van der Waals surface area contributed by atoms with Crippen molar-refractivity contribution in [1.82, 2.24) is 25.1 Å². The summed E-state index contributed by atoms with van der Waals surface area (Å²) in [5, 5.41) is 12.6. The summed E-state index contributed by atoms with van der Waals surface area (Å²) in [6, 6.07) is 14.2. The number of thioether (sulfide) groups is 1. The van der Waals surface area contributed by atoms with E-state index in [1.165, 1.54) is 11.1 Å². The number of nitrogens with zero attached hydrogens (tertiary/aromatic N) is 4. The van der Waals surface area contributed by atoms with Gasteiger partial charge in [0.05, 0.1) is 13.1 Å². The number of benzene rings is 1. The SMILES string of the molecule is O=C(NCc1nnc(SCc2ccncc2)n1Cc1ccccc1)C1CC1. The first-order valence-electron chi connectivity index (χ1n) is 9.05. The van der Waals surface area contributed by atoms with Crippen molar-refractivity contribution >= 4 is 17.7 Å². The quantitative estimate of drug-likeness (QED) is 0.609. The fraction of sp³-hybridized carbons (Fsp3) is 0.300. The zero-order chi connectivity index (χ0) is 18.5. The molecule has 2 aromatic heterocycles. The number of amides is 1. The fourth-order valence-corrected chi connectivity index (χ4v) is 3.68. The Bertz CT molecular complexity index is 893. The Morgan fingerprint density at radius 2 is 1.85 bits per heavy atom. The molecule has 1 aliphatic rings. The van der Waals surface area contributed by atoms with Crippen LogP contribution in [0.15, 0.2) is 60.0 Å². The lowest BCUT2D eigenvalue weighted by atomic mass is 10.2. The second-order valence-corrected chi connectivity index (χ2v) is 7.55. The van der Waals surface area contributed by atoms with E-state index in [1.54, 1.807) is 24.2 Å². The van der Waals surface area contributed by atoms with Crippen LogP contribution in [0.4, 0.5) is 0 Å². The highest BCUT2D eigenvalue weighted by molar-refractivity contribution is 7.98. The molecule has 2 heterocycles. The molecule has 3 aromatic rings. The Kier molecular flexibility index (Phi) is 5.48. The van der Waals surface area contributed by atoms with Gasteiger partial charge in [-0.2, -0.15) is 0 Å². The molecule has 1 aliphatic carbocycles. The fourth-order valence-electron chi connectivity index (χ4n) is 2.76. The Labute approximate surface area is 162 Å². The van der Waals surface area contributed by atoms with Crippen molar-refractivity contribution in [3.63, 3.8) is 0 Å². The highest BCUT2D eigenvalue weighted by Crippen LogP contribution is 2.29. The topological polar surface area (TPSA) is 72.7 Å². The minimum atomic E-state index is 0.121. The van der Waals surface area contributed by atoms with E-state index >= 15 is 0 Å². The summed E-state index contributed by atoms with van der Waals surface area (Å²) in [6.45, 7) is 1.09. The molecular formula is C20H21N5OS. The molecule has 138 valence electrons. The van der Waals surface area contributed by atoms with E-state index in [0.29, 0.717) is 13.1 Å². The van der Waals surface area contributed by atoms with Crippen LogP contribution in [0.3, 0.4) is 0 Å². The van der Waals surface area contributed by atoms with Crippen molar-refractivity contribution < 1.29 is 4.79 Å². The molecule has 1 N–H and O–H groups in total. The molecule has 7 heteroatoms. The Morgan fingerprint density at radius 3 is 2.59 bits per heavy atom. The van der Waals surface area contributed by atoms with Crippen LogP contribution in [-0.2, 0) is 23.6 Å². The van der Waals surface area contributed by atoms with E-state index < -0.39 is 0 Å². The van der Waals surface area contributed by atoms with Crippen molar-refractivity contribution in [2.45, 2.75) is 36.8 Å². The van der Waals surface area contributed by atoms with Crippen LogP contribution in [0.25, 0.3) is 0 Å². The number of aromatic nitrogens is 4. The second-order valence-electron chi connectivity index (χ2n) is 6.61. The van der Waals surface area contributed by atoms with Crippen LogP contribution in [0.2, 0.25) is 0 Å². The predicted octanol–water partition coefficient (Wildman–Crippen LogP) is 3.04. The summed E-state index contributed by atoms with van der Waals surface area (Å²) in [7, 11) is 0. The lowest BCUT2D eigenvalue weighted by Gasteiger charge is -2.11. The number of rotatable bonds is 8. The third kappa shape index (κ3) is 4.74. The average molecular weight is 379 g/mol. The number of carbonyl (C=O) groups excluding carboxylic acids is 1. The molecule has 4 rings (SSSR count). The van der Waals surface area contributed by atoms with Crippen LogP contribution in [0, 0.1) is 5.92 Å². The second kappa shape index (κ2) is 8.35. The van der Waals surface area contributed by atoms with Gasteiger partial charge in [-0.15, -0.1) is 10.2 Å². The summed E-state index contributed by atoms with van der Waals surface area (Å²) in [6.07, 6.45) is 5.58. The first kappa shape index (κ1) is 17.7. The van der Waals surface area contributed by atoms with Gasteiger partial charge in [-0.1, -0.05) is 42.1 Å². The number of carbonyl (C=O) groups is 1. The minimum Gasteiger partial charge on any atom is -0.349 e. The molecule has 0 bridgehead atoms. The molecule has 0 atom stereocenters. The van der Waals surface area contributed by atoms with Gasteiger partial charge in [0.1, 0.15) is 0 Å². The smallest absolute Gasteiger partial charge is 0.223 e. The molecule has 0 unspecified atom stereocenters. The highest BCUT2D eigenvalue weighted by atomic mass is 32.2. The van der Waals surface area contributed by atoms with E-state index in [0.717, 1.165) is 29.6 Å². The molecule has 1 aromatic carbocycles. The maximum atomic E-state index is 12.0.